The Bertz CT molecular complexity index is 922. The summed E-state index contributed by atoms with van der Waals surface area (Å²) in [6, 6.07) is 11.3. The summed E-state index contributed by atoms with van der Waals surface area (Å²) in [5, 5.41) is 2.37. The molecule has 0 aromatic heterocycles. The summed E-state index contributed by atoms with van der Waals surface area (Å²) in [4.78, 5) is 23.4. The first kappa shape index (κ1) is 20.3. The number of amides is 2. The summed E-state index contributed by atoms with van der Waals surface area (Å²) in [6.07, 6.45) is 2.30. The number of aryl methyl sites for hydroxylation is 2. The molecule has 0 bridgehead atoms. The Hall–Kier alpha value is -2.44. The number of hydrogen-bond donors (Lipinski definition) is 1. The Morgan fingerprint density at radius 3 is 2.43 bits per heavy atom. The number of rotatable bonds is 7. The molecule has 1 fully saturated rings. The molecule has 0 radical (unpaired) electrons. The molecule has 1 aliphatic heterocycles. The van der Waals surface area contributed by atoms with Crippen LogP contribution in [0.2, 0.25) is 5.02 Å². The SMILES string of the molecule is Cc1cc(C)cc(OCCCOc2ccc(Cl)cc2/C=C2/SC(=O)NC2=O)c1. The van der Waals surface area contributed by atoms with E-state index in [9.17, 15) is 9.59 Å². The number of benzene rings is 2. The van der Waals surface area contributed by atoms with Crippen LogP contribution in [0, 0.1) is 13.8 Å². The topological polar surface area (TPSA) is 64.6 Å². The maximum absolute atomic E-state index is 11.8. The van der Waals surface area contributed by atoms with Crippen molar-refractivity contribution in [1.29, 1.82) is 0 Å². The lowest BCUT2D eigenvalue weighted by atomic mass is 10.1. The molecule has 0 aliphatic carbocycles. The summed E-state index contributed by atoms with van der Waals surface area (Å²) >= 11 is 6.92. The second kappa shape index (κ2) is 9.17. The minimum atomic E-state index is -0.414. The van der Waals surface area contributed by atoms with Crippen molar-refractivity contribution >= 4 is 40.6 Å². The van der Waals surface area contributed by atoms with E-state index in [1.54, 1.807) is 24.3 Å². The van der Waals surface area contributed by atoms with Crippen molar-refractivity contribution in [2.24, 2.45) is 0 Å². The van der Waals surface area contributed by atoms with Crippen LogP contribution in [0.15, 0.2) is 41.3 Å². The monoisotopic (exact) mass is 417 g/mol. The van der Waals surface area contributed by atoms with Gasteiger partial charge in [0.05, 0.1) is 18.1 Å². The molecule has 146 valence electrons. The van der Waals surface area contributed by atoms with Gasteiger partial charge in [0.15, 0.2) is 0 Å². The Labute approximate surface area is 173 Å². The largest absolute Gasteiger partial charge is 0.493 e. The Balaban J connectivity index is 1.58. The van der Waals surface area contributed by atoms with E-state index in [1.165, 1.54) is 0 Å². The van der Waals surface area contributed by atoms with Gasteiger partial charge in [0.25, 0.3) is 11.1 Å². The number of hydrogen-bond acceptors (Lipinski definition) is 5. The van der Waals surface area contributed by atoms with Gasteiger partial charge in [-0.3, -0.25) is 14.9 Å². The summed E-state index contributed by atoms with van der Waals surface area (Å²) in [5.74, 6) is 1.03. The van der Waals surface area contributed by atoms with Crippen molar-refractivity contribution < 1.29 is 19.1 Å². The summed E-state index contributed by atoms with van der Waals surface area (Å²) in [7, 11) is 0. The van der Waals surface area contributed by atoms with Crippen molar-refractivity contribution in [3.8, 4) is 11.5 Å². The molecular formula is C21H20ClNO4S. The third kappa shape index (κ3) is 5.53. The van der Waals surface area contributed by atoms with Gasteiger partial charge in [0, 0.05) is 17.0 Å². The molecule has 2 amide bonds. The molecule has 5 nitrogen and oxygen atoms in total. The zero-order valence-corrected chi connectivity index (χ0v) is 17.2. The van der Waals surface area contributed by atoms with Gasteiger partial charge in [-0.15, -0.1) is 0 Å². The number of nitrogens with one attached hydrogen (secondary N) is 1. The average molecular weight is 418 g/mol. The predicted octanol–water partition coefficient (Wildman–Crippen LogP) is 5.13. The fraction of sp³-hybridized carbons (Fsp3) is 0.238. The molecule has 3 rings (SSSR count). The minimum Gasteiger partial charge on any atom is -0.493 e. The van der Waals surface area contributed by atoms with Crippen LogP contribution in [0.25, 0.3) is 6.08 Å². The number of thioether (sulfide) groups is 1. The first-order valence-electron chi connectivity index (χ1n) is 8.79. The van der Waals surface area contributed by atoms with Gasteiger partial charge in [-0.1, -0.05) is 17.7 Å². The molecule has 0 atom stereocenters. The highest BCUT2D eigenvalue weighted by molar-refractivity contribution is 8.18. The summed E-state index contributed by atoms with van der Waals surface area (Å²) < 4.78 is 11.6. The summed E-state index contributed by atoms with van der Waals surface area (Å²) in [6.45, 7) is 5.05. The van der Waals surface area contributed by atoms with Gasteiger partial charge in [-0.05, 0) is 73.1 Å². The molecule has 2 aromatic rings. The van der Waals surface area contributed by atoms with E-state index in [4.69, 9.17) is 21.1 Å². The second-order valence-electron chi connectivity index (χ2n) is 6.41. The maximum atomic E-state index is 11.8. The number of halogens is 1. The van der Waals surface area contributed by atoms with Crippen LogP contribution >= 0.6 is 23.4 Å². The lowest BCUT2D eigenvalue weighted by Crippen LogP contribution is -2.17. The first-order chi connectivity index (χ1) is 13.4. The van der Waals surface area contributed by atoms with Crippen LogP contribution in [0.4, 0.5) is 4.79 Å². The van der Waals surface area contributed by atoms with Crippen LogP contribution in [0.3, 0.4) is 0 Å². The molecule has 1 saturated heterocycles. The van der Waals surface area contributed by atoms with E-state index in [0.29, 0.717) is 40.9 Å². The number of carbonyl (C=O) groups is 2. The standard InChI is InChI=1S/C21H20ClNO4S/c1-13-8-14(2)10-17(9-13)26-6-3-7-27-18-5-4-16(22)11-15(18)12-19-20(24)23-21(25)28-19/h4-5,8-12H,3,6-7H2,1-2H3,(H,23,24,25)/b19-12+. The van der Waals surface area contributed by atoms with E-state index in [-0.39, 0.29) is 5.24 Å². The number of imide groups is 1. The lowest BCUT2D eigenvalue weighted by molar-refractivity contribution is -0.115. The molecular weight excluding hydrogens is 398 g/mol. The quantitative estimate of drug-likeness (QED) is 0.499. The smallest absolute Gasteiger partial charge is 0.290 e. The Morgan fingerprint density at radius 1 is 1.04 bits per heavy atom. The second-order valence-corrected chi connectivity index (χ2v) is 7.86. The maximum Gasteiger partial charge on any atom is 0.290 e. The van der Waals surface area contributed by atoms with Gasteiger partial charge in [-0.25, -0.2) is 0 Å². The van der Waals surface area contributed by atoms with E-state index in [2.05, 4.69) is 11.4 Å². The van der Waals surface area contributed by atoms with Crippen LogP contribution in [0.5, 0.6) is 11.5 Å². The molecule has 1 N–H and O–H groups in total. The molecule has 1 aliphatic rings. The summed E-state index contributed by atoms with van der Waals surface area (Å²) in [5.41, 5.74) is 2.98. The van der Waals surface area contributed by atoms with Crippen molar-refractivity contribution in [1.82, 2.24) is 5.32 Å². The molecule has 0 spiro atoms. The minimum absolute atomic E-state index is 0.315. The molecule has 0 saturated carbocycles. The fourth-order valence-corrected chi connectivity index (χ4v) is 3.63. The highest BCUT2D eigenvalue weighted by Gasteiger charge is 2.25. The van der Waals surface area contributed by atoms with E-state index < -0.39 is 5.91 Å². The van der Waals surface area contributed by atoms with Crippen molar-refractivity contribution in [2.45, 2.75) is 20.3 Å². The molecule has 2 aromatic carbocycles. The van der Waals surface area contributed by atoms with Crippen LogP contribution in [-0.2, 0) is 4.79 Å². The Kier molecular flexibility index (Phi) is 6.65. The predicted molar refractivity (Wildman–Crippen MR) is 112 cm³/mol. The molecule has 0 unspecified atom stereocenters. The van der Waals surface area contributed by atoms with Crippen molar-refractivity contribution in [3.63, 3.8) is 0 Å². The van der Waals surface area contributed by atoms with Gasteiger partial charge in [0.1, 0.15) is 11.5 Å². The first-order valence-corrected chi connectivity index (χ1v) is 9.98. The third-order valence-electron chi connectivity index (χ3n) is 3.91. The van der Waals surface area contributed by atoms with Gasteiger partial charge in [0.2, 0.25) is 0 Å². The van der Waals surface area contributed by atoms with Gasteiger partial charge < -0.3 is 9.47 Å². The molecule has 28 heavy (non-hydrogen) atoms. The van der Waals surface area contributed by atoms with E-state index >= 15 is 0 Å². The van der Waals surface area contributed by atoms with Crippen LogP contribution in [-0.4, -0.2) is 24.4 Å². The average Bonchev–Trinajstić information content (AvgIpc) is 2.92. The Morgan fingerprint density at radius 2 is 1.75 bits per heavy atom. The number of carbonyl (C=O) groups excluding carboxylic acids is 2. The van der Waals surface area contributed by atoms with Crippen LogP contribution in [0.1, 0.15) is 23.1 Å². The highest BCUT2D eigenvalue weighted by Crippen LogP contribution is 2.31. The van der Waals surface area contributed by atoms with Gasteiger partial charge >= 0.3 is 0 Å². The third-order valence-corrected chi connectivity index (χ3v) is 4.96. The van der Waals surface area contributed by atoms with E-state index in [0.717, 1.165) is 28.6 Å². The van der Waals surface area contributed by atoms with Crippen molar-refractivity contribution in [3.05, 3.63) is 63.0 Å². The highest BCUT2D eigenvalue weighted by atomic mass is 35.5. The van der Waals surface area contributed by atoms with Crippen molar-refractivity contribution in [2.75, 3.05) is 13.2 Å². The molecule has 7 heteroatoms. The zero-order valence-electron chi connectivity index (χ0n) is 15.6. The van der Waals surface area contributed by atoms with Gasteiger partial charge in [-0.2, -0.15) is 0 Å². The molecule has 1 heterocycles. The van der Waals surface area contributed by atoms with Crippen LogP contribution < -0.4 is 14.8 Å². The van der Waals surface area contributed by atoms with E-state index in [1.807, 2.05) is 26.0 Å². The number of ether oxygens (including phenoxy) is 2. The lowest BCUT2D eigenvalue weighted by Gasteiger charge is -2.11. The fourth-order valence-electron chi connectivity index (χ4n) is 2.77. The zero-order chi connectivity index (χ0) is 20.1. The normalized spacial score (nSPS) is 15.0.